The maximum absolute atomic E-state index is 13.3. The van der Waals surface area contributed by atoms with E-state index in [1.807, 2.05) is 72.8 Å². The molecule has 172 valence electrons. The third kappa shape index (κ3) is 5.63. The Kier molecular flexibility index (Phi) is 7.59. The summed E-state index contributed by atoms with van der Waals surface area (Å²) in [5.41, 5.74) is 5.17. The van der Waals surface area contributed by atoms with Gasteiger partial charge in [0, 0.05) is 10.9 Å². The molecule has 0 saturated heterocycles. The summed E-state index contributed by atoms with van der Waals surface area (Å²) in [5.74, 6) is 1.83. The fourth-order valence-corrected chi connectivity index (χ4v) is 4.78. The Hall–Kier alpha value is -3.24. The molecule has 4 aromatic rings. The van der Waals surface area contributed by atoms with Crippen molar-refractivity contribution in [2.75, 3.05) is 5.75 Å². The van der Waals surface area contributed by atoms with Gasteiger partial charge in [0.1, 0.15) is 5.03 Å². The van der Waals surface area contributed by atoms with E-state index >= 15 is 0 Å². The van der Waals surface area contributed by atoms with E-state index in [-0.39, 0.29) is 11.7 Å². The Labute approximate surface area is 206 Å². The van der Waals surface area contributed by atoms with E-state index in [1.54, 1.807) is 0 Å². The predicted octanol–water partition coefficient (Wildman–Crippen LogP) is 8.02. The molecule has 0 N–H and O–H groups in total. The summed E-state index contributed by atoms with van der Waals surface area (Å²) in [7, 11) is 0. The van der Waals surface area contributed by atoms with Crippen LogP contribution in [0.3, 0.4) is 0 Å². The molecule has 3 aromatic carbocycles. The number of carbonyl (C=O) groups excluding carboxylic acids is 1. The highest BCUT2D eigenvalue weighted by atomic mass is 32.2. The highest BCUT2D eigenvalue weighted by Gasteiger charge is 2.17. The Morgan fingerprint density at radius 1 is 0.853 bits per heavy atom. The van der Waals surface area contributed by atoms with Crippen LogP contribution < -0.4 is 0 Å². The normalized spacial score (nSPS) is 11.7. The van der Waals surface area contributed by atoms with Crippen molar-refractivity contribution in [1.29, 1.82) is 0 Å². The first kappa shape index (κ1) is 23.9. The van der Waals surface area contributed by atoms with E-state index in [0.29, 0.717) is 17.5 Å². The summed E-state index contributed by atoms with van der Waals surface area (Å²) in [6.07, 6.45) is 3.93. The zero-order valence-electron chi connectivity index (χ0n) is 20.2. The average molecular weight is 467 g/mol. The third-order valence-electron chi connectivity index (χ3n) is 5.81. The van der Waals surface area contributed by atoms with E-state index in [2.05, 4.69) is 39.8 Å². The Morgan fingerprint density at radius 2 is 1.59 bits per heavy atom. The molecule has 0 saturated carbocycles. The van der Waals surface area contributed by atoms with Crippen LogP contribution in [0.1, 0.15) is 72.4 Å². The zero-order chi connectivity index (χ0) is 24.1. The van der Waals surface area contributed by atoms with Gasteiger partial charge in [-0.25, -0.2) is 9.97 Å². The number of nitrogens with zero attached hydrogens (tertiary/aromatic N) is 2. The van der Waals surface area contributed by atoms with Crippen molar-refractivity contribution >= 4 is 40.6 Å². The van der Waals surface area contributed by atoms with Crippen molar-refractivity contribution in [3.63, 3.8) is 0 Å². The van der Waals surface area contributed by atoms with Gasteiger partial charge in [-0.2, -0.15) is 0 Å². The summed E-state index contributed by atoms with van der Waals surface area (Å²) >= 11 is 1.49. The third-order valence-corrected chi connectivity index (χ3v) is 6.81. The van der Waals surface area contributed by atoms with Crippen molar-refractivity contribution in [2.45, 2.75) is 44.6 Å². The first-order valence-electron chi connectivity index (χ1n) is 11.7. The summed E-state index contributed by atoms with van der Waals surface area (Å²) in [6.45, 7) is 8.65. The number of hydrogen-bond donors (Lipinski definition) is 0. The van der Waals surface area contributed by atoms with Gasteiger partial charge in [0.15, 0.2) is 11.6 Å². The minimum atomic E-state index is 0.132. The summed E-state index contributed by atoms with van der Waals surface area (Å²) < 4.78 is 0. The summed E-state index contributed by atoms with van der Waals surface area (Å²) in [4.78, 5) is 22.8. The SMILES string of the molecule is CC(C)c1ccc(C(=O)CSc2nc(/C=C/c3ccccc3)nc3ccccc23)c(C(C)C)c1. The number of thioether (sulfide) groups is 1. The maximum atomic E-state index is 13.3. The van der Waals surface area contributed by atoms with Crippen LogP contribution in [0.15, 0.2) is 77.8 Å². The van der Waals surface area contributed by atoms with Crippen molar-refractivity contribution in [2.24, 2.45) is 0 Å². The van der Waals surface area contributed by atoms with Gasteiger partial charge in [0.05, 0.1) is 11.3 Å². The number of ketones is 1. The van der Waals surface area contributed by atoms with Crippen LogP contribution in [-0.4, -0.2) is 21.5 Å². The molecular formula is C30H30N2OS. The number of carbonyl (C=O) groups is 1. The van der Waals surface area contributed by atoms with Gasteiger partial charge in [0.2, 0.25) is 0 Å². The molecule has 0 unspecified atom stereocenters. The van der Waals surface area contributed by atoms with E-state index < -0.39 is 0 Å². The van der Waals surface area contributed by atoms with Crippen molar-refractivity contribution in [3.05, 3.63) is 101 Å². The second-order valence-corrected chi connectivity index (χ2v) is 9.98. The maximum Gasteiger partial charge on any atom is 0.173 e. The lowest BCUT2D eigenvalue weighted by molar-refractivity contribution is 0.102. The van der Waals surface area contributed by atoms with Gasteiger partial charge in [-0.15, -0.1) is 0 Å². The van der Waals surface area contributed by atoms with Gasteiger partial charge in [-0.3, -0.25) is 4.79 Å². The van der Waals surface area contributed by atoms with Gasteiger partial charge in [-0.05, 0) is 40.7 Å². The van der Waals surface area contributed by atoms with Crippen LogP contribution in [0.25, 0.3) is 23.1 Å². The number of rotatable bonds is 8. The molecule has 0 fully saturated rings. The Morgan fingerprint density at radius 3 is 2.32 bits per heavy atom. The minimum absolute atomic E-state index is 0.132. The predicted molar refractivity (Wildman–Crippen MR) is 145 cm³/mol. The van der Waals surface area contributed by atoms with Crippen LogP contribution >= 0.6 is 11.8 Å². The molecule has 4 heteroatoms. The van der Waals surface area contributed by atoms with Crippen LogP contribution in [0.2, 0.25) is 0 Å². The van der Waals surface area contributed by atoms with Crippen LogP contribution in [0.5, 0.6) is 0 Å². The first-order valence-corrected chi connectivity index (χ1v) is 12.7. The molecule has 0 aliphatic rings. The lowest BCUT2D eigenvalue weighted by atomic mass is 9.90. The van der Waals surface area contributed by atoms with E-state index in [0.717, 1.165) is 32.6 Å². The average Bonchev–Trinajstić information content (AvgIpc) is 2.86. The van der Waals surface area contributed by atoms with E-state index in [9.17, 15) is 4.79 Å². The molecule has 0 aliphatic heterocycles. The first-order chi connectivity index (χ1) is 16.4. The molecule has 0 bridgehead atoms. The van der Waals surface area contributed by atoms with Crippen LogP contribution in [0.4, 0.5) is 0 Å². The molecule has 0 amide bonds. The number of para-hydroxylation sites is 1. The molecule has 3 nitrogen and oxygen atoms in total. The number of Topliss-reactive ketones (excluding diaryl/α,β-unsaturated/α-hetero) is 1. The fourth-order valence-electron chi connectivity index (χ4n) is 3.87. The largest absolute Gasteiger partial charge is 0.293 e. The number of fused-ring (bicyclic) bond motifs is 1. The highest BCUT2D eigenvalue weighted by molar-refractivity contribution is 8.00. The standard InChI is InChI=1S/C30H30N2OS/c1-20(2)23-15-16-24(26(18-23)21(3)4)28(33)19-34-30-25-12-8-9-13-27(25)31-29(32-30)17-14-22-10-6-5-7-11-22/h5-18,20-21H,19H2,1-4H3/b17-14+. The number of benzene rings is 3. The van der Waals surface area contributed by atoms with E-state index in [4.69, 9.17) is 9.97 Å². The molecule has 0 radical (unpaired) electrons. The van der Waals surface area contributed by atoms with Crippen molar-refractivity contribution in [3.8, 4) is 0 Å². The summed E-state index contributed by atoms with van der Waals surface area (Å²) in [6, 6.07) is 24.3. The second-order valence-electron chi connectivity index (χ2n) is 9.02. The molecule has 4 rings (SSSR count). The lowest BCUT2D eigenvalue weighted by Gasteiger charge is -2.16. The summed E-state index contributed by atoms with van der Waals surface area (Å²) in [5, 5.41) is 1.80. The molecule has 1 heterocycles. The van der Waals surface area contributed by atoms with Crippen molar-refractivity contribution < 1.29 is 4.79 Å². The minimum Gasteiger partial charge on any atom is -0.293 e. The van der Waals surface area contributed by atoms with Crippen LogP contribution in [-0.2, 0) is 0 Å². The second kappa shape index (κ2) is 10.8. The van der Waals surface area contributed by atoms with Gasteiger partial charge < -0.3 is 0 Å². The van der Waals surface area contributed by atoms with Gasteiger partial charge >= 0.3 is 0 Å². The Bertz CT molecular complexity index is 1330. The lowest BCUT2D eigenvalue weighted by Crippen LogP contribution is -2.09. The van der Waals surface area contributed by atoms with E-state index in [1.165, 1.54) is 17.3 Å². The molecule has 34 heavy (non-hydrogen) atoms. The monoisotopic (exact) mass is 466 g/mol. The van der Waals surface area contributed by atoms with Gasteiger partial charge in [-0.1, -0.05) is 112 Å². The smallest absolute Gasteiger partial charge is 0.173 e. The topological polar surface area (TPSA) is 42.9 Å². The molecule has 0 aliphatic carbocycles. The number of hydrogen-bond acceptors (Lipinski definition) is 4. The van der Waals surface area contributed by atoms with Crippen molar-refractivity contribution in [1.82, 2.24) is 9.97 Å². The zero-order valence-corrected chi connectivity index (χ0v) is 21.0. The highest BCUT2D eigenvalue weighted by Crippen LogP contribution is 2.29. The molecule has 1 aromatic heterocycles. The fraction of sp³-hybridized carbons (Fsp3) is 0.233. The quantitative estimate of drug-likeness (QED) is 0.150. The van der Waals surface area contributed by atoms with Crippen LogP contribution in [0, 0.1) is 0 Å². The molecular weight excluding hydrogens is 436 g/mol. The molecule has 0 spiro atoms. The number of aromatic nitrogens is 2. The Balaban J connectivity index is 1.61. The molecule has 0 atom stereocenters. The van der Waals surface area contributed by atoms with Gasteiger partial charge in [0.25, 0.3) is 0 Å².